The molecule has 2 aromatic heterocycles. The first-order valence-corrected chi connectivity index (χ1v) is 6.94. The predicted octanol–water partition coefficient (Wildman–Crippen LogP) is 2.75. The van der Waals surface area contributed by atoms with Crippen molar-refractivity contribution in [2.45, 2.75) is 6.61 Å². The monoisotopic (exact) mass is 313 g/mol. The molecule has 7 nitrogen and oxygen atoms in total. The molecule has 7 heteroatoms. The standard InChI is InChI=1S/C16H15N3O4/c1-19(2)12-6-3-5-11(9-12)16(20)22-10-14-17-15(18-23-14)13-7-4-8-21-13/h3-9H,10H2,1-2H3. The van der Waals surface area contributed by atoms with Crippen LogP contribution < -0.4 is 4.90 Å². The third kappa shape index (κ3) is 3.39. The number of furan rings is 1. The highest BCUT2D eigenvalue weighted by Crippen LogP contribution is 2.17. The van der Waals surface area contributed by atoms with Gasteiger partial charge < -0.3 is 18.6 Å². The van der Waals surface area contributed by atoms with Crippen molar-refractivity contribution in [3.8, 4) is 11.6 Å². The number of nitrogens with zero attached hydrogens (tertiary/aromatic N) is 3. The Morgan fingerprint density at radius 2 is 2.13 bits per heavy atom. The number of carbonyl (C=O) groups excluding carboxylic acids is 1. The van der Waals surface area contributed by atoms with E-state index in [0.29, 0.717) is 17.1 Å². The summed E-state index contributed by atoms with van der Waals surface area (Å²) in [6.07, 6.45) is 1.52. The second-order valence-corrected chi connectivity index (χ2v) is 5.01. The van der Waals surface area contributed by atoms with Crippen LogP contribution in [-0.4, -0.2) is 30.2 Å². The SMILES string of the molecule is CN(C)c1cccc(C(=O)OCc2nc(-c3ccco3)no2)c1. The molecule has 0 amide bonds. The highest BCUT2D eigenvalue weighted by molar-refractivity contribution is 5.90. The number of ether oxygens (including phenoxy) is 1. The van der Waals surface area contributed by atoms with E-state index in [9.17, 15) is 4.79 Å². The van der Waals surface area contributed by atoms with E-state index in [-0.39, 0.29) is 12.5 Å². The van der Waals surface area contributed by atoms with Crippen molar-refractivity contribution >= 4 is 11.7 Å². The minimum Gasteiger partial charge on any atom is -0.461 e. The first-order valence-electron chi connectivity index (χ1n) is 6.94. The predicted molar refractivity (Wildman–Crippen MR) is 81.9 cm³/mol. The Kier molecular flexibility index (Phi) is 4.09. The minimum absolute atomic E-state index is 0.0985. The largest absolute Gasteiger partial charge is 0.461 e. The van der Waals surface area contributed by atoms with Crippen molar-refractivity contribution in [2.24, 2.45) is 0 Å². The zero-order valence-corrected chi connectivity index (χ0v) is 12.7. The lowest BCUT2D eigenvalue weighted by Crippen LogP contribution is -2.11. The van der Waals surface area contributed by atoms with E-state index in [1.165, 1.54) is 6.26 Å². The Bertz CT molecular complexity index is 793. The number of hydrogen-bond donors (Lipinski definition) is 0. The third-order valence-electron chi connectivity index (χ3n) is 3.13. The van der Waals surface area contributed by atoms with Gasteiger partial charge in [-0.25, -0.2) is 4.79 Å². The number of anilines is 1. The number of carbonyl (C=O) groups is 1. The van der Waals surface area contributed by atoms with Gasteiger partial charge in [0, 0.05) is 19.8 Å². The summed E-state index contributed by atoms with van der Waals surface area (Å²) >= 11 is 0. The number of esters is 1. The molecule has 0 unspecified atom stereocenters. The van der Waals surface area contributed by atoms with Crippen LogP contribution >= 0.6 is 0 Å². The van der Waals surface area contributed by atoms with Crippen molar-refractivity contribution in [1.29, 1.82) is 0 Å². The van der Waals surface area contributed by atoms with Crippen LogP contribution in [-0.2, 0) is 11.3 Å². The molecule has 0 spiro atoms. The Labute approximate surface area is 132 Å². The normalized spacial score (nSPS) is 10.5. The molecule has 1 aromatic carbocycles. The van der Waals surface area contributed by atoms with Gasteiger partial charge in [0.25, 0.3) is 5.89 Å². The fourth-order valence-corrected chi connectivity index (χ4v) is 1.94. The van der Waals surface area contributed by atoms with E-state index in [4.69, 9.17) is 13.7 Å². The highest BCUT2D eigenvalue weighted by atomic mass is 16.6. The topological polar surface area (TPSA) is 81.6 Å². The smallest absolute Gasteiger partial charge is 0.338 e. The molecule has 0 saturated heterocycles. The van der Waals surface area contributed by atoms with Crippen LogP contribution in [0.25, 0.3) is 11.6 Å². The maximum absolute atomic E-state index is 12.1. The van der Waals surface area contributed by atoms with Crippen molar-refractivity contribution in [3.63, 3.8) is 0 Å². The van der Waals surface area contributed by atoms with Crippen molar-refractivity contribution < 1.29 is 18.5 Å². The number of aromatic nitrogens is 2. The fourth-order valence-electron chi connectivity index (χ4n) is 1.94. The minimum atomic E-state index is -0.452. The van der Waals surface area contributed by atoms with Gasteiger partial charge in [0.2, 0.25) is 5.82 Å². The van der Waals surface area contributed by atoms with Crippen LogP contribution in [0.15, 0.2) is 51.6 Å². The van der Waals surface area contributed by atoms with Crippen LogP contribution in [0.3, 0.4) is 0 Å². The molecule has 0 aliphatic carbocycles. The Morgan fingerprint density at radius 3 is 2.87 bits per heavy atom. The van der Waals surface area contributed by atoms with E-state index in [1.54, 1.807) is 30.3 Å². The van der Waals surface area contributed by atoms with Crippen LogP contribution in [0.1, 0.15) is 16.2 Å². The number of hydrogen-bond acceptors (Lipinski definition) is 7. The molecule has 0 bridgehead atoms. The molecule has 3 aromatic rings. The van der Waals surface area contributed by atoms with Crippen LogP contribution in [0.5, 0.6) is 0 Å². The lowest BCUT2D eigenvalue weighted by molar-refractivity contribution is 0.0430. The molecule has 23 heavy (non-hydrogen) atoms. The summed E-state index contributed by atoms with van der Waals surface area (Å²) in [4.78, 5) is 18.1. The van der Waals surface area contributed by atoms with E-state index in [2.05, 4.69) is 10.1 Å². The first kappa shape index (κ1) is 14.8. The van der Waals surface area contributed by atoms with Crippen molar-refractivity contribution in [2.75, 3.05) is 19.0 Å². The van der Waals surface area contributed by atoms with Gasteiger partial charge >= 0.3 is 5.97 Å². The Balaban J connectivity index is 1.64. The lowest BCUT2D eigenvalue weighted by atomic mass is 10.2. The summed E-state index contributed by atoms with van der Waals surface area (Å²) in [6, 6.07) is 10.6. The summed E-state index contributed by atoms with van der Waals surface area (Å²) in [6.45, 7) is -0.0985. The summed E-state index contributed by atoms with van der Waals surface area (Å²) < 4.78 is 15.4. The third-order valence-corrected chi connectivity index (χ3v) is 3.13. The van der Waals surface area contributed by atoms with E-state index >= 15 is 0 Å². The number of rotatable bonds is 5. The summed E-state index contributed by atoms with van der Waals surface area (Å²) in [7, 11) is 3.80. The molecule has 3 rings (SSSR count). The molecular weight excluding hydrogens is 298 g/mol. The first-order chi connectivity index (χ1) is 11.1. The quantitative estimate of drug-likeness (QED) is 0.670. The lowest BCUT2D eigenvalue weighted by Gasteiger charge is -2.12. The maximum atomic E-state index is 12.1. The van der Waals surface area contributed by atoms with Crippen LogP contribution in [0.4, 0.5) is 5.69 Å². The molecule has 0 saturated carbocycles. The van der Waals surface area contributed by atoms with Gasteiger partial charge in [-0.15, -0.1) is 0 Å². The van der Waals surface area contributed by atoms with Gasteiger partial charge in [0.05, 0.1) is 11.8 Å². The van der Waals surface area contributed by atoms with Gasteiger partial charge in [-0.2, -0.15) is 4.98 Å². The molecule has 0 radical (unpaired) electrons. The molecule has 0 atom stereocenters. The summed E-state index contributed by atoms with van der Waals surface area (Å²) in [5.74, 6) is 0.556. The van der Waals surface area contributed by atoms with Gasteiger partial charge in [-0.3, -0.25) is 0 Å². The van der Waals surface area contributed by atoms with Gasteiger partial charge in [-0.05, 0) is 30.3 Å². The highest BCUT2D eigenvalue weighted by Gasteiger charge is 2.14. The van der Waals surface area contributed by atoms with Crippen molar-refractivity contribution in [3.05, 3.63) is 54.1 Å². The van der Waals surface area contributed by atoms with E-state index in [1.807, 2.05) is 25.1 Å². The second kappa shape index (κ2) is 6.35. The molecule has 118 valence electrons. The van der Waals surface area contributed by atoms with E-state index in [0.717, 1.165) is 5.69 Å². The van der Waals surface area contributed by atoms with Crippen LogP contribution in [0.2, 0.25) is 0 Å². The van der Waals surface area contributed by atoms with Gasteiger partial charge in [0.1, 0.15) is 0 Å². The van der Waals surface area contributed by atoms with Gasteiger partial charge in [0.15, 0.2) is 12.4 Å². The molecule has 0 aliphatic rings. The summed E-state index contributed by atoms with van der Waals surface area (Å²) in [5, 5.41) is 3.77. The Morgan fingerprint density at radius 1 is 1.26 bits per heavy atom. The Hall–Kier alpha value is -3.09. The number of benzene rings is 1. The molecule has 0 N–H and O–H groups in total. The second-order valence-electron chi connectivity index (χ2n) is 5.01. The van der Waals surface area contributed by atoms with Gasteiger partial charge in [-0.1, -0.05) is 11.2 Å². The molecule has 2 heterocycles. The average molecular weight is 313 g/mol. The molecule has 0 fully saturated rings. The fraction of sp³-hybridized carbons (Fsp3) is 0.188. The molecular formula is C16H15N3O4. The van der Waals surface area contributed by atoms with Crippen molar-refractivity contribution in [1.82, 2.24) is 10.1 Å². The van der Waals surface area contributed by atoms with E-state index < -0.39 is 5.97 Å². The average Bonchev–Trinajstić information content (AvgIpc) is 3.23. The summed E-state index contributed by atoms with van der Waals surface area (Å²) in [5.41, 5.74) is 1.37. The van der Waals surface area contributed by atoms with Crippen LogP contribution in [0, 0.1) is 0 Å². The zero-order valence-electron chi connectivity index (χ0n) is 12.7. The molecule has 0 aliphatic heterocycles. The maximum Gasteiger partial charge on any atom is 0.338 e. The zero-order chi connectivity index (χ0) is 16.2.